The van der Waals surface area contributed by atoms with E-state index in [0.29, 0.717) is 17.6 Å². The Hall–Kier alpha value is -2.67. The fourth-order valence-electron chi connectivity index (χ4n) is 2.59. The number of ketones is 1. The van der Waals surface area contributed by atoms with Gasteiger partial charge in [0.05, 0.1) is 4.90 Å². The molecule has 7 heteroatoms. The van der Waals surface area contributed by atoms with E-state index in [-0.39, 0.29) is 27.8 Å². The molecule has 0 bridgehead atoms. The van der Waals surface area contributed by atoms with Crippen LogP contribution in [0.3, 0.4) is 0 Å². The van der Waals surface area contributed by atoms with Crippen molar-refractivity contribution in [2.75, 3.05) is 6.26 Å². The molecule has 0 radical (unpaired) electrons. The summed E-state index contributed by atoms with van der Waals surface area (Å²) in [5.74, 6) is 0.356. The van der Waals surface area contributed by atoms with Gasteiger partial charge in [-0.25, -0.2) is 8.42 Å². The SMILES string of the molecule is CC1(C)OC(c2ccc(S(C)(=O)=O)cc2)=C(c2ccc(C=O)o2)C1=O. The van der Waals surface area contributed by atoms with Gasteiger partial charge in [0.2, 0.25) is 5.78 Å². The minimum Gasteiger partial charge on any atom is -0.478 e. The summed E-state index contributed by atoms with van der Waals surface area (Å²) in [5, 5.41) is 0. The predicted molar refractivity (Wildman–Crippen MR) is 90.6 cm³/mol. The summed E-state index contributed by atoms with van der Waals surface area (Å²) in [6, 6.07) is 9.06. The maximum Gasteiger partial charge on any atom is 0.213 e. The van der Waals surface area contributed by atoms with Crippen molar-refractivity contribution in [1.82, 2.24) is 0 Å². The van der Waals surface area contributed by atoms with Gasteiger partial charge in [0, 0.05) is 11.8 Å². The maximum absolute atomic E-state index is 12.7. The lowest BCUT2D eigenvalue weighted by molar-refractivity contribution is -0.125. The molecule has 2 aromatic rings. The minimum atomic E-state index is -3.32. The lowest BCUT2D eigenvalue weighted by Gasteiger charge is -2.17. The highest BCUT2D eigenvalue weighted by atomic mass is 32.2. The van der Waals surface area contributed by atoms with E-state index in [1.807, 2.05) is 0 Å². The Bertz CT molecular complexity index is 990. The van der Waals surface area contributed by atoms with Crippen molar-refractivity contribution in [3.63, 3.8) is 0 Å². The Morgan fingerprint density at radius 3 is 2.20 bits per heavy atom. The third kappa shape index (κ3) is 3.02. The summed E-state index contributed by atoms with van der Waals surface area (Å²) in [6.45, 7) is 3.27. The molecule has 0 atom stereocenters. The van der Waals surface area contributed by atoms with E-state index < -0.39 is 15.4 Å². The molecular formula is C18H16O6S. The zero-order valence-corrected chi connectivity index (χ0v) is 14.7. The second-order valence-corrected chi connectivity index (χ2v) is 8.28. The monoisotopic (exact) mass is 360 g/mol. The summed E-state index contributed by atoms with van der Waals surface area (Å²) < 4.78 is 34.4. The third-order valence-corrected chi connectivity index (χ3v) is 5.02. The maximum atomic E-state index is 12.7. The molecule has 25 heavy (non-hydrogen) atoms. The standard InChI is InChI=1S/C18H16O6S/c1-18(2)17(20)15(14-9-6-12(10-19)23-14)16(24-18)11-4-7-13(8-5-11)25(3,21)22/h4-10H,1-3H3. The van der Waals surface area contributed by atoms with E-state index in [4.69, 9.17) is 9.15 Å². The molecule has 130 valence electrons. The fourth-order valence-corrected chi connectivity index (χ4v) is 3.22. The minimum absolute atomic E-state index is 0.104. The number of benzene rings is 1. The topological polar surface area (TPSA) is 90.7 Å². The highest BCUT2D eigenvalue weighted by Gasteiger charge is 2.44. The average molecular weight is 360 g/mol. The number of furan rings is 1. The average Bonchev–Trinajstić information content (AvgIpc) is 3.10. The molecule has 6 nitrogen and oxygen atoms in total. The summed E-state index contributed by atoms with van der Waals surface area (Å²) in [4.78, 5) is 23.7. The molecule has 3 rings (SSSR count). The van der Waals surface area contributed by atoms with Crippen molar-refractivity contribution in [2.24, 2.45) is 0 Å². The molecule has 1 aromatic heterocycles. The van der Waals surface area contributed by atoms with Gasteiger partial charge in [-0.3, -0.25) is 9.59 Å². The number of aldehydes is 1. The number of sulfone groups is 1. The van der Waals surface area contributed by atoms with E-state index in [9.17, 15) is 18.0 Å². The quantitative estimate of drug-likeness (QED) is 0.779. The number of hydrogen-bond donors (Lipinski definition) is 0. The van der Waals surface area contributed by atoms with Crippen molar-refractivity contribution in [1.29, 1.82) is 0 Å². The number of rotatable bonds is 4. The molecule has 0 spiro atoms. The summed E-state index contributed by atoms with van der Waals surface area (Å²) in [5.41, 5.74) is -0.315. The van der Waals surface area contributed by atoms with Crippen molar-refractivity contribution >= 4 is 33.2 Å². The van der Waals surface area contributed by atoms with Gasteiger partial charge in [0.15, 0.2) is 27.5 Å². The molecule has 1 aliphatic rings. The van der Waals surface area contributed by atoms with E-state index in [2.05, 4.69) is 0 Å². The van der Waals surface area contributed by atoms with Crippen LogP contribution in [0.25, 0.3) is 11.3 Å². The molecule has 1 aliphatic heterocycles. The van der Waals surface area contributed by atoms with Gasteiger partial charge in [-0.15, -0.1) is 0 Å². The normalized spacial score (nSPS) is 16.8. The van der Waals surface area contributed by atoms with Gasteiger partial charge < -0.3 is 9.15 Å². The highest BCUT2D eigenvalue weighted by molar-refractivity contribution is 7.90. The molecule has 0 unspecified atom stereocenters. The van der Waals surface area contributed by atoms with Crippen LogP contribution in [0, 0.1) is 0 Å². The fraction of sp³-hybridized carbons (Fsp3) is 0.222. The first-order valence-corrected chi connectivity index (χ1v) is 9.36. The molecule has 2 heterocycles. The number of carbonyl (C=O) groups is 2. The second-order valence-electron chi connectivity index (χ2n) is 6.26. The number of hydrogen-bond acceptors (Lipinski definition) is 6. The predicted octanol–water partition coefficient (Wildman–Crippen LogP) is 2.74. The molecular weight excluding hydrogens is 344 g/mol. The molecule has 0 amide bonds. The first kappa shape index (κ1) is 17.2. The largest absolute Gasteiger partial charge is 0.478 e. The Kier molecular flexibility index (Phi) is 3.91. The number of ether oxygens (including phenoxy) is 1. The van der Waals surface area contributed by atoms with Crippen LogP contribution in [0.5, 0.6) is 0 Å². The summed E-state index contributed by atoms with van der Waals surface area (Å²) >= 11 is 0. The van der Waals surface area contributed by atoms with Crippen LogP contribution in [0.4, 0.5) is 0 Å². The molecule has 0 fully saturated rings. The van der Waals surface area contributed by atoms with Crippen molar-refractivity contribution in [2.45, 2.75) is 24.3 Å². The lowest BCUT2D eigenvalue weighted by Crippen LogP contribution is -2.29. The van der Waals surface area contributed by atoms with Crippen LogP contribution in [-0.2, 0) is 19.4 Å². The Balaban J connectivity index is 2.15. The highest BCUT2D eigenvalue weighted by Crippen LogP contribution is 2.41. The van der Waals surface area contributed by atoms with Gasteiger partial charge in [0.25, 0.3) is 0 Å². The van der Waals surface area contributed by atoms with E-state index in [1.165, 1.54) is 24.3 Å². The first-order chi connectivity index (χ1) is 11.6. The zero-order valence-electron chi connectivity index (χ0n) is 13.9. The summed E-state index contributed by atoms with van der Waals surface area (Å²) in [6.07, 6.45) is 1.67. The third-order valence-electron chi connectivity index (χ3n) is 3.89. The van der Waals surface area contributed by atoms with Gasteiger partial charge in [-0.1, -0.05) is 0 Å². The van der Waals surface area contributed by atoms with E-state index >= 15 is 0 Å². The van der Waals surface area contributed by atoms with Crippen LogP contribution in [0.1, 0.15) is 35.7 Å². The van der Waals surface area contributed by atoms with Crippen LogP contribution in [-0.4, -0.2) is 32.3 Å². The lowest BCUT2D eigenvalue weighted by atomic mass is 9.96. The van der Waals surface area contributed by atoms with Crippen LogP contribution in [0.2, 0.25) is 0 Å². The molecule has 0 aliphatic carbocycles. The summed E-state index contributed by atoms with van der Waals surface area (Å²) in [7, 11) is -3.32. The zero-order chi connectivity index (χ0) is 18.4. The van der Waals surface area contributed by atoms with Gasteiger partial charge in [0.1, 0.15) is 17.1 Å². The Morgan fingerprint density at radius 1 is 1.04 bits per heavy atom. The smallest absolute Gasteiger partial charge is 0.213 e. The molecule has 0 N–H and O–H groups in total. The number of carbonyl (C=O) groups excluding carboxylic acids is 2. The van der Waals surface area contributed by atoms with E-state index in [1.54, 1.807) is 26.0 Å². The number of Topliss-reactive ketones (excluding diaryl/α,β-unsaturated/α-hetero) is 1. The van der Waals surface area contributed by atoms with Crippen molar-refractivity contribution in [3.05, 3.63) is 53.5 Å². The second kappa shape index (κ2) is 5.70. The first-order valence-electron chi connectivity index (χ1n) is 7.47. The molecule has 1 aromatic carbocycles. The van der Waals surface area contributed by atoms with E-state index in [0.717, 1.165) is 6.26 Å². The van der Waals surface area contributed by atoms with Crippen molar-refractivity contribution in [3.8, 4) is 0 Å². The van der Waals surface area contributed by atoms with Gasteiger partial charge >= 0.3 is 0 Å². The van der Waals surface area contributed by atoms with Crippen LogP contribution < -0.4 is 0 Å². The van der Waals surface area contributed by atoms with Crippen LogP contribution in [0.15, 0.2) is 45.7 Å². The Labute approximate surface area is 145 Å². The molecule has 0 saturated carbocycles. The van der Waals surface area contributed by atoms with Gasteiger partial charge in [-0.05, 0) is 50.2 Å². The van der Waals surface area contributed by atoms with Gasteiger partial charge in [-0.2, -0.15) is 0 Å². The van der Waals surface area contributed by atoms with Crippen molar-refractivity contribution < 1.29 is 27.2 Å². The van der Waals surface area contributed by atoms with Crippen LogP contribution >= 0.6 is 0 Å². The molecule has 0 saturated heterocycles. The Morgan fingerprint density at radius 2 is 1.68 bits per heavy atom.